The lowest BCUT2D eigenvalue weighted by Crippen LogP contribution is -2.23. The van der Waals surface area contributed by atoms with Gasteiger partial charge in [0.1, 0.15) is 22.5 Å². The van der Waals surface area contributed by atoms with Crippen molar-refractivity contribution in [3.63, 3.8) is 0 Å². The fraction of sp³-hybridized carbons (Fsp3) is 0.364. The minimum absolute atomic E-state index is 0.147. The Kier molecular flexibility index (Phi) is 8.16. The number of hydrogen-bond donors (Lipinski definition) is 1. The number of pyridine rings is 1. The Labute approximate surface area is 186 Å². The Bertz CT molecular complexity index is 1000. The zero-order chi connectivity index (χ0) is 22.3. The van der Waals surface area contributed by atoms with Crippen LogP contribution in [-0.2, 0) is 21.7 Å². The van der Waals surface area contributed by atoms with Crippen LogP contribution < -0.4 is 5.73 Å². The zero-order valence-corrected chi connectivity index (χ0v) is 19.1. The monoisotopic (exact) mass is 440 g/mol. The van der Waals surface area contributed by atoms with Crippen molar-refractivity contribution in [3.05, 3.63) is 52.4 Å². The second-order valence-corrected chi connectivity index (χ2v) is 9.25. The molecule has 30 heavy (non-hydrogen) atoms. The molecule has 0 saturated carbocycles. The summed E-state index contributed by atoms with van der Waals surface area (Å²) in [5.74, 6) is 0.550. The molecule has 0 radical (unpaired) electrons. The first-order valence-electron chi connectivity index (χ1n) is 9.26. The zero-order valence-electron chi connectivity index (χ0n) is 17.5. The van der Waals surface area contributed by atoms with E-state index in [1.807, 2.05) is 51.3 Å². The number of carbonyl (C=O) groups excluding carboxylic acids is 1. The lowest BCUT2D eigenvalue weighted by Gasteiger charge is -2.19. The highest BCUT2D eigenvalue weighted by molar-refractivity contribution is 7.99. The van der Waals surface area contributed by atoms with Gasteiger partial charge in [-0.3, -0.25) is 4.79 Å². The van der Waals surface area contributed by atoms with Crippen molar-refractivity contribution in [1.29, 1.82) is 5.26 Å². The standard InChI is InChI=1S/C22H24N4O2S2/c1-22(2,3)28-17(27)11-10-14-6-8-15(9-7-14)13-30-21-16(12-23)19(29-5)18(25-4)20(24)26-21/h6-9H,10-11,13H2,1-3,5H3,(H2,24,26). The van der Waals surface area contributed by atoms with Crippen LogP contribution in [0.5, 0.6) is 0 Å². The number of nitrogens with two attached hydrogens (primary N) is 1. The fourth-order valence-electron chi connectivity index (χ4n) is 2.65. The van der Waals surface area contributed by atoms with Crippen molar-refractivity contribution < 1.29 is 9.53 Å². The van der Waals surface area contributed by atoms with E-state index in [0.29, 0.717) is 34.1 Å². The minimum atomic E-state index is -0.471. The largest absolute Gasteiger partial charge is 0.460 e. The number of aromatic nitrogens is 1. The number of hydrogen-bond acceptors (Lipinski definition) is 7. The molecular weight excluding hydrogens is 416 g/mol. The number of nitrogen functional groups attached to an aromatic ring is 1. The molecule has 8 heteroatoms. The molecule has 2 rings (SSSR count). The van der Waals surface area contributed by atoms with Gasteiger partial charge in [-0.1, -0.05) is 24.3 Å². The molecule has 0 spiro atoms. The van der Waals surface area contributed by atoms with E-state index in [-0.39, 0.29) is 17.5 Å². The Morgan fingerprint density at radius 3 is 2.47 bits per heavy atom. The normalized spacial score (nSPS) is 10.9. The molecule has 0 amide bonds. The van der Waals surface area contributed by atoms with Crippen LogP contribution in [0.1, 0.15) is 43.9 Å². The molecule has 0 unspecified atom stereocenters. The van der Waals surface area contributed by atoms with Crippen LogP contribution in [0.3, 0.4) is 0 Å². The molecule has 1 aromatic heterocycles. The van der Waals surface area contributed by atoms with Crippen molar-refractivity contribution in [3.8, 4) is 6.07 Å². The van der Waals surface area contributed by atoms with E-state index in [1.165, 1.54) is 23.5 Å². The third kappa shape index (κ3) is 6.41. The smallest absolute Gasteiger partial charge is 0.306 e. The molecule has 0 fully saturated rings. The molecular formula is C22H24N4O2S2. The summed E-state index contributed by atoms with van der Waals surface area (Å²) in [6.07, 6.45) is 2.77. The topological polar surface area (TPSA) is 93.4 Å². The van der Waals surface area contributed by atoms with Crippen molar-refractivity contribution in [2.24, 2.45) is 0 Å². The number of rotatable bonds is 7. The van der Waals surface area contributed by atoms with Crippen molar-refractivity contribution in [2.75, 3.05) is 12.0 Å². The summed E-state index contributed by atoms with van der Waals surface area (Å²) in [4.78, 5) is 20.1. The Balaban J connectivity index is 2.04. The highest BCUT2D eigenvalue weighted by Crippen LogP contribution is 2.40. The molecule has 0 saturated heterocycles. The third-order valence-electron chi connectivity index (χ3n) is 3.98. The van der Waals surface area contributed by atoms with Gasteiger partial charge in [-0.05, 0) is 44.6 Å². The minimum Gasteiger partial charge on any atom is -0.460 e. The van der Waals surface area contributed by atoms with Gasteiger partial charge < -0.3 is 10.5 Å². The molecule has 2 N–H and O–H groups in total. The van der Waals surface area contributed by atoms with Crippen LogP contribution in [0, 0.1) is 17.9 Å². The molecule has 0 bridgehead atoms. The maximum Gasteiger partial charge on any atom is 0.306 e. The predicted molar refractivity (Wildman–Crippen MR) is 122 cm³/mol. The van der Waals surface area contributed by atoms with Gasteiger partial charge in [-0.15, -0.1) is 23.5 Å². The number of ether oxygens (including phenoxy) is 1. The van der Waals surface area contributed by atoms with E-state index in [0.717, 1.165) is 11.1 Å². The van der Waals surface area contributed by atoms with Crippen LogP contribution in [0.15, 0.2) is 34.2 Å². The molecule has 1 aromatic carbocycles. The van der Waals surface area contributed by atoms with Crippen molar-refractivity contribution in [1.82, 2.24) is 4.98 Å². The molecule has 1 heterocycles. The van der Waals surface area contributed by atoms with Gasteiger partial charge in [-0.25, -0.2) is 9.83 Å². The van der Waals surface area contributed by atoms with Gasteiger partial charge in [0.25, 0.3) is 0 Å². The summed E-state index contributed by atoms with van der Waals surface area (Å²) in [6, 6.07) is 10.1. The molecule has 0 atom stereocenters. The molecule has 156 valence electrons. The molecule has 0 aliphatic rings. The SMILES string of the molecule is [C-]#[N+]c1c(N)nc(SCc2ccc(CCC(=O)OC(C)(C)C)cc2)c(C#N)c1SC. The average molecular weight is 441 g/mol. The Hall–Kier alpha value is -2.68. The number of thioether (sulfide) groups is 2. The first-order valence-corrected chi connectivity index (χ1v) is 11.5. The van der Waals surface area contributed by atoms with Gasteiger partial charge in [0, 0.05) is 17.1 Å². The number of anilines is 1. The van der Waals surface area contributed by atoms with E-state index >= 15 is 0 Å². The van der Waals surface area contributed by atoms with E-state index < -0.39 is 5.60 Å². The summed E-state index contributed by atoms with van der Waals surface area (Å²) in [7, 11) is 0. The van der Waals surface area contributed by atoms with Gasteiger partial charge in [0.05, 0.1) is 12.1 Å². The summed E-state index contributed by atoms with van der Waals surface area (Å²) < 4.78 is 5.33. The van der Waals surface area contributed by atoms with Gasteiger partial charge in [-0.2, -0.15) is 5.26 Å². The van der Waals surface area contributed by atoms with E-state index in [4.69, 9.17) is 17.0 Å². The van der Waals surface area contributed by atoms with E-state index in [2.05, 4.69) is 15.9 Å². The summed E-state index contributed by atoms with van der Waals surface area (Å²) >= 11 is 2.74. The molecule has 6 nitrogen and oxygen atoms in total. The average Bonchev–Trinajstić information content (AvgIpc) is 2.69. The van der Waals surface area contributed by atoms with E-state index in [9.17, 15) is 10.1 Å². The Morgan fingerprint density at radius 2 is 1.93 bits per heavy atom. The van der Waals surface area contributed by atoms with Gasteiger partial charge in [0.15, 0.2) is 0 Å². The van der Waals surface area contributed by atoms with Crippen LogP contribution in [0.2, 0.25) is 0 Å². The molecule has 0 aliphatic heterocycles. The highest BCUT2D eigenvalue weighted by atomic mass is 32.2. The van der Waals surface area contributed by atoms with Crippen LogP contribution >= 0.6 is 23.5 Å². The third-order valence-corrected chi connectivity index (χ3v) is 5.84. The fourth-order valence-corrected chi connectivity index (χ4v) is 4.36. The van der Waals surface area contributed by atoms with Crippen LogP contribution in [0.4, 0.5) is 11.5 Å². The maximum absolute atomic E-state index is 11.9. The van der Waals surface area contributed by atoms with E-state index in [1.54, 1.807) is 0 Å². The predicted octanol–water partition coefficient (Wildman–Crippen LogP) is 5.37. The number of nitriles is 1. The van der Waals surface area contributed by atoms with Gasteiger partial charge in [0.2, 0.25) is 5.69 Å². The number of aryl methyl sites for hydroxylation is 1. The molecule has 0 aliphatic carbocycles. The second kappa shape index (κ2) is 10.4. The molecule has 2 aromatic rings. The number of benzene rings is 1. The summed E-state index contributed by atoms with van der Waals surface area (Å²) in [5, 5.41) is 10.1. The number of esters is 1. The Morgan fingerprint density at radius 1 is 1.30 bits per heavy atom. The first-order chi connectivity index (χ1) is 14.2. The maximum atomic E-state index is 11.9. The summed E-state index contributed by atoms with van der Waals surface area (Å²) in [6.45, 7) is 12.8. The first kappa shape index (κ1) is 23.6. The lowest BCUT2D eigenvalue weighted by atomic mass is 10.1. The lowest BCUT2D eigenvalue weighted by molar-refractivity contribution is -0.154. The quantitative estimate of drug-likeness (QED) is 0.351. The second-order valence-electron chi connectivity index (χ2n) is 7.47. The number of nitrogens with zero attached hydrogens (tertiary/aromatic N) is 3. The van der Waals surface area contributed by atoms with Crippen LogP contribution in [-0.4, -0.2) is 22.8 Å². The highest BCUT2D eigenvalue weighted by Gasteiger charge is 2.19. The number of carbonyl (C=O) groups is 1. The van der Waals surface area contributed by atoms with Crippen molar-refractivity contribution in [2.45, 2.75) is 54.9 Å². The van der Waals surface area contributed by atoms with Crippen LogP contribution in [0.25, 0.3) is 4.85 Å². The van der Waals surface area contributed by atoms with Gasteiger partial charge >= 0.3 is 5.97 Å². The van der Waals surface area contributed by atoms with Crippen molar-refractivity contribution >= 4 is 41.0 Å². The summed E-state index contributed by atoms with van der Waals surface area (Å²) in [5.41, 5.74) is 8.19.